The van der Waals surface area contributed by atoms with E-state index in [-0.39, 0.29) is 5.78 Å². The van der Waals surface area contributed by atoms with Gasteiger partial charge in [0.25, 0.3) is 0 Å². The second kappa shape index (κ2) is 8.62. The number of aryl methyl sites for hydroxylation is 1. The van der Waals surface area contributed by atoms with Crippen LogP contribution in [0.25, 0.3) is 6.08 Å². The molecular weight excluding hydrogens is 445 g/mol. The van der Waals surface area contributed by atoms with E-state index in [1.807, 2.05) is 49.4 Å². The number of ether oxygens (including phenoxy) is 2. The molecule has 0 aliphatic carbocycles. The van der Waals surface area contributed by atoms with E-state index in [1.165, 1.54) is 0 Å². The van der Waals surface area contributed by atoms with Crippen LogP contribution < -0.4 is 9.47 Å². The molecule has 3 aromatic rings. The van der Waals surface area contributed by atoms with Gasteiger partial charge in [-0.1, -0.05) is 59.1 Å². The van der Waals surface area contributed by atoms with Crippen molar-refractivity contribution < 1.29 is 14.3 Å². The molecule has 5 rings (SSSR count). The maximum absolute atomic E-state index is 13.0. The molecule has 6 heteroatoms. The van der Waals surface area contributed by atoms with E-state index >= 15 is 0 Å². The van der Waals surface area contributed by atoms with Gasteiger partial charge in [-0.25, -0.2) is 0 Å². The number of Topliss-reactive ketones (excluding diaryl/α,β-unsaturated/α-hetero) is 1. The Labute approximate surface area is 197 Å². The third-order valence-corrected chi connectivity index (χ3v) is 6.32. The van der Waals surface area contributed by atoms with Crippen LogP contribution in [0.5, 0.6) is 11.5 Å². The predicted octanol–water partition coefficient (Wildman–Crippen LogP) is 6.31. The van der Waals surface area contributed by atoms with Gasteiger partial charge in [-0.15, -0.1) is 0 Å². The Balaban J connectivity index is 1.36. The number of hydrogen-bond acceptors (Lipinski definition) is 4. The van der Waals surface area contributed by atoms with E-state index in [4.69, 9.17) is 32.7 Å². The number of ketones is 1. The first-order valence-electron chi connectivity index (χ1n) is 10.4. The average Bonchev–Trinajstić information content (AvgIpc) is 3.09. The fourth-order valence-electron chi connectivity index (χ4n) is 4.06. The van der Waals surface area contributed by atoms with Gasteiger partial charge in [0.05, 0.1) is 11.1 Å². The summed E-state index contributed by atoms with van der Waals surface area (Å²) >= 11 is 12.3. The van der Waals surface area contributed by atoms with Crippen molar-refractivity contribution in [2.45, 2.75) is 19.9 Å². The van der Waals surface area contributed by atoms with Gasteiger partial charge in [0, 0.05) is 23.1 Å². The van der Waals surface area contributed by atoms with Crippen molar-refractivity contribution in [3.8, 4) is 11.5 Å². The van der Waals surface area contributed by atoms with Crippen molar-refractivity contribution in [3.05, 3.63) is 98.2 Å². The largest absolute Gasteiger partial charge is 0.478 e. The fraction of sp³-hybridized carbons (Fsp3) is 0.192. The minimum atomic E-state index is -0.102. The molecule has 0 saturated carbocycles. The summed E-state index contributed by atoms with van der Waals surface area (Å²) in [5.74, 6) is 1.59. The van der Waals surface area contributed by atoms with E-state index < -0.39 is 0 Å². The van der Waals surface area contributed by atoms with Crippen LogP contribution in [0.3, 0.4) is 0 Å². The van der Waals surface area contributed by atoms with Gasteiger partial charge in [-0.2, -0.15) is 0 Å². The summed E-state index contributed by atoms with van der Waals surface area (Å²) in [5, 5.41) is 1.29. The molecule has 3 aromatic carbocycles. The Morgan fingerprint density at radius 3 is 2.78 bits per heavy atom. The number of benzene rings is 3. The maximum Gasteiger partial charge on any atom is 0.231 e. The lowest BCUT2D eigenvalue weighted by molar-refractivity contribution is 0.0950. The van der Waals surface area contributed by atoms with Crippen molar-refractivity contribution in [1.82, 2.24) is 4.90 Å². The quantitative estimate of drug-likeness (QED) is 0.423. The normalized spacial score (nSPS) is 16.5. The number of nitrogens with zero attached hydrogens (tertiary/aromatic N) is 1. The molecule has 4 nitrogen and oxygen atoms in total. The number of halogens is 2. The average molecular weight is 466 g/mol. The van der Waals surface area contributed by atoms with E-state index in [0.717, 1.165) is 41.0 Å². The standard InChI is InChI=1S/C26H21Cl2NO3/c1-16-3-2-4-17(11-16)12-24-25(30)20-7-8-23-21(26(20)32-24)14-29(15-31-23)10-9-18-5-6-19(27)13-22(18)28/h2-8,11-13H,9-10,14-15H2,1H3/b24-12-. The van der Waals surface area contributed by atoms with Gasteiger partial charge < -0.3 is 9.47 Å². The zero-order chi connectivity index (χ0) is 22.2. The first kappa shape index (κ1) is 21.1. The van der Waals surface area contributed by atoms with Crippen LogP contribution in [0.4, 0.5) is 0 Å². The molecule has 0 amide bonds. The van der Waals surface area contributed by atoms with Crippen molar-refractivity contribution >= 4 is 35.1 Å². The molecule has 0 atom stereocenters. The maximum atomic E-state index is 13.0. The number of carbonyl (C=O) groups is 1. The molecule has 0 aromatic heterocycles. The van der Waals surface area contributed by atoms with Gasteiger partial charge in [0.1, 0.15) is 18.2 Å². The van der Waals surface area contributed by atoms with Gasteiger partial charge >= 0.3 is 0 Å². The van der Waals surface area contributed by atoms with Gasteiger partial charge in [0.2, 0.25) is 5.78 Å². The SMILES string of the molecule is Cc1cccc(/C=C2\Oc3c(ccc4c3CN(CCc3ccc(Cl)cc3Cl)CO4)C2=O)c1. The number of carbonyl (C=O) groups excluding carboxylic acids is 1. The molecule has 32 heavy (non-hydrogen) atoms. The molecule has 162 valence electrons. The molecule has 0 bridgehead atoms. The summed E-state index contributed by atoms with van der Waals surface area (Å²) in [5.41, 5.74) is 4.58. The second-order valence-corrected chi connectivity index (χ2v) is 8.93. The molecule has 0 fully saturated rings. The molecule has 0 saturated heterocycles. The van der Waals surface area contributed by atoms with Crippen LogP contribution in [0.15, 0.2) is 60.4 Å². The Morgan fingerprint density at radius 2 is 1.97 bits per heavy atom. The lowest BCUT2D eigenvalue weighted by Gasteiger charge is -2.29. The molecular formula is C26H21Cl2NO3. The molecule has 0 spiro atoms. The molecule has 2 heterocycles. The van der Waals surface area contributed by atoms with Crippen molar-refractivity contribution in [2.24, 2.45) is 0 Å². The molecule has 2 aliphatic heterocycles. The van der Waals surface area contributed by atoms with E-state index in [2.05, 4.69) is 4.90 Å². The van der Waals surface area contributed by atoms with Gasteiger partial charge in [0.15, 0.2) is 5.76 Å². The highest BCUT2D eigenvalue weighted by molar-refractivity contribution is 6.35. The summed E-state index contributed by atoms with van der Waals surface area (Å²) < 4.78 is 12.0. The minimum Gasteiger partial charge on any atom is -0.478 e. The van der Waals surface area contributed by atoms with Crippen LogP contribution >= 0.6 is 23.2 Å². The topological polar surface area (TPSA) is 38.8 Å². The highest BCUT2D eigenvalue weighted by Crippen LogP contribution is 2.42. The number of fused-ring (bicyclic) bond motifs is 3. The molecule has 0 unspecified atom stereocenters. The second-order valence-electron chi connectivity index (χ2n) is 8.08. The first-order valence-corrected chi connectivity index (χ1v) is 11.2. The molecule has 2 aliphatic rings. The van der Waals surface area contributed by atoms with Crippen LogP contribution in [0.2, 0.25) is 10.0 Å². The fourth-order valence-corrected chi connectivity index (χ4v) is 4.57. The Morgan fingerprint density at radius 1 is 1.09 bits per heavy atom. The zero-order valence-corrected chi connectivity index (χ0v) is 19.0. The number of hydrogen-bond donors (Lipinski definition) is 0. The monoisotopic (exact) mass is 465 g/mol. The summed E-state index contributed by atoms with van der Waals surface area (Å²) in [6.07, 6.45) is 2.56. The van der Waals surface area contributed by atoms with Crippen molar-refractivity contribution in [2.75, 3.05) is 13.3 Å². The van der Waals surface area contributed by atoms with Crippen LogP contribution in [-0.4, -0.2) is 24.0 Å². The highest BCUT2D eigenvalue weighted by atomic mass is 35.5. The van der Waals surface area contributed by atoms with E-state index in [9.17, 15) is 4.79 Å². The van der Waals surface area contributed by atoms with Crippen LogP contribution in [-0.2, 0) is 13.0 Å². The predicted molar refractivity (Wildman–Crippen MR) is 127 cm³/mol. The Bertz CT molecular complexity index is 1250. The minimum absolute atomic E-state index is 0.102. The zero-order valence-electron chi connectivity index (χ0n) is 17.5. The van der Waals surface area contributed by atoms with E-state index in [0.29, 0.717) is 40.4 Å². The van der Waals surface area contributed by atoms with Crippen LogP contribution in [0, 0.1) is 6.92 Å². The third-order valence-electron chi connectivity index (χ3n) is 5.73. The highest BCUT2D eigenvalue weighted by Gasteiger charge is 2.33. The summed E-state index contributed by atoms with van der Waals surface area (Å²) in [7, 11) is 0. The van der Waals surface area contributed by atoms with Crippen LogP contribution in [0.1, 0.15) is 32.6 Å². The number of allylic oxidation sites excluding steroid dienone is 1. The molecule has 0 radical (unpaired) electrons. The summed E-state index contributed by atoms with van der Waals surface area (Å²) in [6, 6.07) is 17.2. The Hall–Kier alpha value is -2.79. The molecule has 0 N–H and O–H groups in total. The smallest absolute Gasteiger partial charge is 0.231 e. The third kappa shape index (κ3) is 4.14. The lowest BCUT2D eigenvalue weighted by Crippen LogP contribution is -2.33. The van der Waals surface area contributed by atoms with Crippen molar-refractivity contribution in [3.63, 3.8) is 0 Å². The van der Waals surface area contributed by atoms with Gasteiger partial charge in [-0.3, -0.25) is 9.69 Å². The Kier molecular flexibility index (Phi) is 5.68. The van der Waals surface area contributed by atoms with Crippen molar-refractivity contribution in [1.29, 1.82) is 0 Å². The van der Waals surface area contributed by atoms with Gasteiger partial charge in [-0.05, 0) is 54.8 Å². The first-order chi connectivity index (χ1) is 15.5. The lowest BCUT2D eigenvalue weighted by atomic mass is 10.0. The van der Waals surface area contributed by atoms with E-state index in [1.54, 1.807) is 18.2 Å². The summed E-state index contributed by atoms with van der Waals surface area (Å²) in [6.45, 7) is 3.88. The summed E-state index contributed by atoms with van der Waals surface area (Å²) in [4.78, 5) is 15.1. The number of rotatable bonds is 4.